The number of carbonyl (C=O) groups excluding carboxylic acids is 1. The van der Waals surface area contributed by atoms with Crippen LogP contribution in [-0.4, -0.2) is 49.4 Å². The van der Waals surface area contributed by atoms with Crippen molar-refractivity contribution in [1.82, 2.24) is 10.2 Å². The molecule has 0 spiro atoms. The number of hydrogen-bond acceptors (Lipinski definition) is 5. The molecular formula is C18H24ClN3O3S. The summed E-state index contributed by atoms with van der Waals surface area (Å²) in [5, 5.41) is 12.3. The number of hydrogen-bond donors (Lipinski definition) is 1. The lowest BCUT2D eigenvalue weighted by molar-refractivity contribution is 0.0920. The van der Waals surface area contributed by atoms with Crippen LogP contribution in [0.5, 0.6) is 0 Å². The molecule has 0 atom stereocenters. The Morgan fingerprint density at radius 1 is 1.23 bits per heavy atom. The van der Waals surface area contributed by atoms with Crippen LogP contribution < -0.4 is 5.32 Å². The van der Waals surface area contributed by atoms with Crippen LogP contribution in [0.15, 0.2) is 24.3 Å². The van der Waals surface area contributed by atoms with Crippen molar-refractivity contribution in [2.45, 2.75) is 37.8 Å². The maximum atomic E-state index is 12.5. The number of halogens is 1. The van der Waals surface area contributed by atoms with E-state index in [9.17, 15) is 18.5 Å². The van der Waals surface area contributed by atoms with Crippen LogP contribution in [0.25, 0.3) is 0 Å². The van der Waals surface area contributed by atoms with Crippen LogP contribution >= 0.6 is 12.4 Å². The normalized spacial score (nSPS) is 21.3. The smallest absolute Gasteiger partial charge is 0.252 e. The highest BCUT2D eigenvalue weighted by Crippen LogP contribution is 2.29. The first-order chi connectivity index (χ1) is 11.9. The summed E-state index contributed by atoms with van der Waals surface area (Å²) in [5.74, 6) is 0.168. The van der Waals surface area contributed by atoms with Crippen LogP contribution in [-0.2, 0) is 16.4 Å². The molecule has 1 aliphatic carbocycles. The molecule has 0 bridgehead atoms. The van der Waals surface area contributed by atoms with E-state index in [2.05, 4.69) is 16.3 Å². The first kappa shape index (κ1) is 20.7. The van der Waals surface area contributed by atoms with E-state index in [1.165, 1.54) is 0 Å². The molecule has 0 radical (unpaired) electrons. The monoisotopic (exact) mass is 397 g/mol. The Morgan fingerprint density at radius 2 is 1.88 bits per heavy atom. The first-order valence-corrected chi connectivity index (χ1v) is 10.5. The van der Waals surface area contributed by atoms with Crippen LogP contribution in [0.4, 0.5) is 0 Å². The predicted octanol–water partition coefficient (Wildman–Crippen LogP) is 1.90. The number of nitrogens with one attached hydrogen (secondary N) is 1. The molecule has 1 saturated heterocycles. The van der Waals surface area contributed by atoms with Crippen molar-refractivity contribution in [2.24, 2.45) is 0 Å². The van der Waals surface area contributed by atoms with Crippen molar-refractivity contribution >= 4 is 28.2 Å². The molecule has 142 valence electrons. The highest BCUT2D eigenvalue weighted by molar-refractivity contribution is 7.91. The summed E-state index contributed by atoms with van der Waals surface area (Å²) in [6, 6.07) is 9.62. The Hall–Kier alpha value is -1.62. The van der Waals surface area contributed by atoms with Crippen molar-refractivity contribution in [2.75, 3.05) is 24.6 Å². The molecule has 0 aromatic heterocycles. The molecule has 1 heterocycles. The Kier molecular flexibility index (Phi) is 6.67. The van der Waals surface area contributed by atoms with Gasteiger partial charge in [0.05, 0.1) is 17.6 Å². The number of rotatable bonds is 4. The Labute approximate surface area is 160 Å². The Bertz CT molecular complexity index is 784. The molecule has 0 unspecified atom stereocenters. The fourth-order valence-corrected chi connectivity index (χ4v) is 4.79. The van der Waals surface area contributed by atoms with Crippen molar-refractivity contribution in [3.05, 3.63) is 35.4 Å². The van der Waals surface area contributed by atoms with E-state index in [1.807, 2.05) is 18.2 Å². The minimum absolute atomic E-state index is 0. The summed E-state index contributed by atoms with van der Waals surface area (Å²) < 4.78 is 23.0. The van der Waals surface area contributed by atoms with E-state index in [0.717, 1.165) is 18.4 Å². The molecule has 1 aromatic rings. The second kappa shape index (κ2) is 8.38. The molecule has 1 aliphatic heterocycles. The van der Waals surface area contributed by atoms with E-state index < -0.39 is 15.4 Å². The van der Waals surface area contributed by atoms with Gasteiger partial charge in [0, 0.05) is 25.2 Å². The van der Waals surface area contributed by atoms with E-state index in [4.69, 9.17) is 0 Å². The average molecular weight is 398 g/mol. The van der Waals surface area contributed by atoms with Gasteiger partial charge in [-0.3, -0.25) is 9.69 Å². The van der Waals surface area contributed by atoms with Crippen molar-refractivity contribution in [1.29, 1.82) is 5.26 Å². The van der Waals surface area contributed by atoms with Crippen molar-refractivity contribution in [3.8, 4) is 6.07 Å². The summed E-state index contributed by atoms with van der Waals surface area (Å²) >= 11 is 0. The van der Waals surface area contributed by atoms with Crippen LogP contribution in [0.1, 0.15) is 41.6 Å². The third-order valence-electron chi connectivity index (χ3n) is 5.06. The van der Waals surface area contributed by atoms with E-state index in [-0.39, 0.29) is 29.8 Å². The maximum absolute atomic E-state index is 12.5. The summed E-state index contributed by atoms with van der Waals surface area (Å²) in [6.07, 6.45) is 3.34. The number of nitriles is 1. The molecule has 1 N–H and O–H groups in total. The molecule has 1 aromatic carbocycles. The van der Waals surface area contributed by atoms with Gasteiger partial charge in [0.25, 0.3) is 5.91 Å². The quantitative estimate of drug-likeness (QED) is 0.837. The van der Waals surface area contributed by atoms with E-state index >= 15 is 0 Å². The third-order valence-corrected chi connectivity index (χ3v) is 6.67. The van der Waals surface area contributed by atoms with Crippen LogP contribution in [0.3, 0.4) is 0 Å². The minimum Gasteiger partial charge on any atom is -0.334 e. The molecule has 1 saturated carbocycles. The fraction of sp³-hybridized carbons (Fsp3) is 0.556. The largest absolute Gasteiger partial charge is 0.334 e. The lowest BCUT2D eigenvalue weighted by Crippen LogP contribution is -2.45. The molecule has 1 amide bonds. The molecule has 8 heteroatoms. The number of sulfone groups is 1. The molecule has 26 heavy (non-hydrogen) atoms. The lowest BCUT2D eigenvalue weighted by Gasteiger charge is -2.26. The lowest BCUT2D eigenvalue weighted by atomic mass is 9.99. The number of nitrogens with zero attached hydrogens (tertiary/aromatic N) is 2. The fourth-order valence-electron chi connectivity index (χ4n) is 3.51. The maximum Gasteiger partial charge on any atom is 0.252 e. The third kappa shape index (κ3) is 4.97. The van der Waals surface area contributed by atoms with E-state index in [1.54, 1.807) is 6.07 Å². The number of benzene rings is 1. The number of amides is 1. The Morgan fingerprint density at radius 3 is 2.50 bits per heavy atom. The molecule has 6 nitrogen and oxygen atoms in total. The zero-order valence-corrected chi connectivity index (χ0v) is 16.2. The van der Waals surface area contributed by atoms with E-state index in [0.29, 0.717) is 38.0 Å². The van der Waals surface area contributed by atoms with Gasteiger partial charge in [0.15, 0.2) is 9.84 Å². The minimum atomic E-state index is -2.89. The summed E-state index contributed by atoms with van der Waals surface area (Å²) in [5.41, 5.74) is 0.793. The summed E-state index contributed by atoms with van der Waals surface area (Å²) in [7, 11) is -2.89. The molecule has 3 rings (SSSR count). The first-order valence-electron chi connectivity index (χ1n) is 8.67. The van der Waals surface area contributed by atoms with Crippen molar-refractivity contribution < 1.29 is 13.2 Å². The predicted molar refractivity (Wildman–Crippen MR) is 102 cm³/mol. The Balaban J connectivity index is 0.00000243. The van der Waals surface area contributed by atoms with Gasteiger partial charge in [-0.05, 0) is 43.4 Å². The summed E-state index contributed by atoms with van der Waals surface area (Å²) in [6.45, 7) is 1.67. The number of carbonyl (C=O) groups is 1. The molecule has 2 aliphatic rings. The van der Waals surface area contributed by atoms with Gasteiger partial charge in [0.2, 0.25) is 0 Å². The zero-order valence-electron chi connectivity index (χ0n) is 14.6. The molecular weight excluding hydrogens is 374 g/mol. The van der Waals surface area contributed by atoms with Crippen LogP contribution in [0.2, 0.25) is 0 Å². The van der Waals surface area contributed by atoms with Crippen LogP contribution in [0, 0.1) is 11.3 Å². The molecule has 2 fully saturated rings. The second-order valence-electron chi connectivity index (χ2n) is 6.98. The average Bonchev–Trinajstić information content (AvgIpc) is 3.06. The van der Waals surface area contributed by atoms with Gasteiger partial charge in [0.1, 0.15) is 5.54 Å². The van der Waals surface area contributed by atoms with Gasteiger partial charge in [-0.25, -0.2) is 8.42 Å². The highest BCUT2D eigenvalue weighted by Gasteiger charge is 2.35. The summed E-state index contributed by atoms with van der Waals surface area (Å²) in [4.78, 5) is 14.6. The highest BCUT2D eigenvalue weighted by atomic mass is 35.5. The van der Waals surface area contributed by atoms with Gasteiger partial charge in [-0.2, -0.15) is 5.26 Å². The SMILES string of the molecule is Cl.N#CC1(NC(=O)c2cccc(CN3CCS(=O)(=O)CC3)c2)CCCC1. The second-order valence-corrected chi connectivity index (χ2v) is 9.29. The van der Waals surface area contributed by atoms with Gasteiger partial charge in [-0.1, -0.05) is 12.1 Å². The standard InChI is InChI=1S/C18H23N3O3S.ClH/c19-14-18(6-1-2-7-18)20-17(22)16-5-3-4-15(12-16)13-21-8-10-25(23,24)11-9-21;/h3-5,12H,1-2,6-11,13H2,(H,20,22);1H. The van der Waals surface area contributed by atoms with Gasteiger partial charge < -0.3 is 5.32 Å². The zero-order chi connectivity index (χ0) is 17.9. The van der Waals surface area contributed by atoms with Gasteiger partial charge >= 0.3 is 0 Å². The van der Waals surface area contributed by atoms with Gasteiger partial charge in [-0.15, -0.1) is 12.4 Å². The topological polar surface area (TPSA) is 90.3 Å². The van der Waals surface area contributed by atoms with Crippen molar-refractivity contribution in [3.63, 3.8) is 0 Å².